The van der Waals surface area contributed by atoms with Gasteiger partial charge < -0.3 is 10.1 Å². The molecule has 0 amide bonds. The van der Waals surface area contributed by atoms with Crippen molar-refractivity contribution in [2.45, 2.75) is 26.3 Å². The first-order valence-corrected chi connectivity index (χ1v) is 6.22. The highest BCUT2D eigenvalue weighted by Crippen LogP contribution is 2.28. The summed E-state index contributed by atoms with van der Waals surface area (Å²) >= 11 is 6.17. The van der Waals surface area contributed by atoms with Gasteiger partial charge in [0.25, 0.3) is 0 Å². The molecule has 1 rings (SSSR count). The molecular formula is C14H20ClNO. The van der Waals surface area contributed by atoms with E-state index in [1.807, 2.05) is 25.2 Å². The van der Waals surface area contributed by atoms with Crippen LogP contribution in [-0.4, -0.2) is 13.7 Å². The summed E-state index contributed by atoms with van der Waals surface area (Å²) in [4.78, 5) is 0. The predicted octanol–water partition coefficient (Wildman–Crippen LogP) is 3.97. The second-order valence-corrected chi connectivity index (χ2v) is 4.50. The van der Waals surface area contributed by atoms with Crippen LogP contribution < -0.4 is 10.1 Å². The molecule has 94 valence electrons. The average molecular weight is 254 g/mol. The first-order chi connectivity index (χ1) is 8.08. The van der Waals surface area contributed by atoms with Crippen molar-refractivity contribution in [2.75, 3.05) is 13.7 Å². The van der Waals surface area contributed by atoms with Crippen LogP contribution in [0, 0.1) is 0 Å². The Bertz CT molecular complexity index is 390. The van der Waals surface area contributed by atoms with Crippen molar-refractivity contribution in [3.8, 4) is 5.75 Å². The summed E-state index contributed by atoms with van der Waals surface area (Å²) in [6.45, 7) is 8.57. The Morgan fingerprint density at radius 1 is 1.53 bits per heavy atom. The minimum Gasteiger partial charge on any atom is -0.488 e. The third-order valence-electron chi connectivity index (χ3n) is 2.82. The number of rotatable bonds is 6. The van der Waals surface area contributed by atoms with E-state index in [4.69, 9.17) is 16.3 Å². The Hall–Kier alpha value is -0.990. The van der Waals surface area contributed by atoms with Gasteiger partial charge >= 0.3 is 0 Å². The fourth-order valence-electron chi connectivity index (χ4n) is 1.35. The molecule has 0 fully saturated rings. The summed E-state index contributed by atoms with van der Waals surface area (Å²) < 4.78 is 5.61. The monoisotopic (exact) mass is 253 g/mol. The minimum atomic E-state index is 0.284. The number of ether oxygens (including phenoxy) is 1. The van der Waals surface area contributed by atoms with Crippen LogP contribution >= 0.6 is 11.6 Å². The Morgan fingerprint density at radius 2 is 2.24 bits per heavy atom. The Morgan fingerprint density at radius 3 is 2.76 bits per heavy atom. The molecule has 0 saturated heterocycles. The van der Waals surface area contributed by atoms with E-state index in [1.54, 1.807) is 0 Å². The maximum atomic E-state index is 6.17. The molecule has 1 unspecified atom stereocenters. The van der Waals surface area contributed by atoms with Crippen LogP contribution in [0.5, 0.6) is 5.75 Å². The third-order valence-corrected chi connectivity index (χ3v) is 3.12. The summed E-state index contributed by atoms with van der Waals surface area (Å²) in [5.74, 6) is 0.716. The quantitative estimate of drug-likeness (QED) is 0.775. The molecule has 1 N–H and O–H groups in total. The third kappa shape index (κ3) is 4.06. The number of hydrogen-bond donors (Lipinski definition) is 1. The number of halogens is 1. The molecule has 0 aliphatic rings. The van der Waals surface area contributed by atoms with E-state index in [1.165, 1.54) is 0 Å². The van der Waals surface area contributed by atoms with Crippen LogP contribution in [0.2, 0.25) is 5.02 Å². The van der Waals surface area contributed by atoms with Gasteiger partial charge in [-0.15, -0.1) is 0 Å². The van der Waals surface area contributed by atoms with Gasteiger partial charge in [-0.1, -0.05) is 31.2 Å². The van der Waals surface area contributed by atoms with Crippen LogP contribution in [0.15, 0.2) is 30.4 Å². The second-order valence-electron chi connectivity index (χ2n) is 4.09. The van der Waals surface area contributed by atoms with E-state index >= 15 is 0 Å². The second kappa shape index (κ2) is 6.67. The molecule has 2 nitrogen and oxygen atoms in total. The van der Waals surface area contributed by atoms with Crippen molar-refractivity contribution < 1.29 is 4.74 Å². The largest absolute Gasteiger partial charge is 0.488 e. The normalized spacial score (nSPS) is 12.2. The SMILES string of the molecule is C=C(CC)COc1ccc(C(C)NC)cc1Cl. The zero-order chi connectivity index (χ0) is 12.8. The van der Waals surface area contributed by atoms with Gasteiger partial charge in [-0.05, 0) is 43.7 Å². The highest BCUT2D eigenvalue weighted by Gasteiger charge is 2.07. The van der Waals surface area contributed by atoms with Crippen molar-refractivity contribution >= 4 is 11.6 Å². The van der Waals surface area contributed by atoms with Gasteiger partial charge in [0.2, 0.25) is 0 Å². The van der Waals surface area contributed by atoms with Gasteiger partial charge in [0.15, 0.2) is 0 Å². The highest BCUT2D eigenvalue weighted by atomic mass is 35.5. The van der Waals surface area contributed by atoms with Gasteiger partial charge in [0, 0.05) is 6.04 Å². The Labute approximate surface area is 109 Å². The van der Waals surface area contributed by atoms with Crippen LogP contribution in [0.4, 0.5) is 0 Å². The van der Waals surface area contributed by atoms with Crippen molar-refractivity contribution in [1.82, 2.24) is 5.32 Å². The Kier molecular flexibility index (Phi) is 5.52. The van der Waals surface area contributed by atoms with Crippen molar-refractivity contribution in [2.24, 2.45) is 0 Å². The summed E-state index contributed by atoms with van der Waals surface area (Å²) in [6, 6.07) is 6.16. The summed E-state index contributed by atoms with van der Waals surface area (Å²) in [6.07, 6.45) is 0.923. The molecule has 0 aromatic heterocycles. The average Bonchev–Trinajstić information content (AvgIpc) is 2.35. The lowest BCUT2D eigenvalue weighted by Gasteiger charge is -2.13. The van der Waals surface area contributed by atoms with Crippen LogP contribution in [0.1, 0.15) is 31.9 Å². The van der Waals surface area contributed by atoms with Crippen LogP contribution in [-0.2, 0) is 0 Å². The van der Waals surface area contributed by atoms with Gasteiger partial charge in [0.1, 0.15) is 12.4 Å². The van der Waals surface area contributed by atoms with Crippen LogP contribution in [0.25, 0.3) is 0 Å². The molecule has 0 saturated carbocycles. The predicted molar refractivity (Wildman–Crippen MR) is 73.9 cm³/mol. The number of benzene rings is 1. The molecule has 0 aliphatic heterocycles. The molecule has 3 heteroatoms. The molecule has 0 aliphatic carbocycles. The van der Waals surface area contributed by atoms with E-state index in [0.717, 1.165) is 17.6 Å². The molecule has 1 aromatic rings. The maximum absolute atomic E-state index is 6.17. The standard InChI is InChI=1S/C14H20ClNO/c1-5-10(2)9-17-14-7-6-12(8-13(14)15)11(3)16-4/h6-8,11,16H,2,5,9H2,1,3-4H3. The van der Waals surface area contributed by atoms with Crippen molar-refractivity contribution in [1.29, 1.82) is 0 Å². The lowest BCUT2D eigenvalue weighted by atomic mass is 10.1. The molecule has 0 spiro atoms. The smallest absolute Gasteiger partial charge is 0.138 e. The minimum absolute atomic E-state index is 0.284. The zero-order valence-corrected chi connectivity index (χ0v) is 11.5. The molecule has 1 atom stereocenters. The van der Waals surface area contributed by atoms with Crippen molar-refractivity contribution in [3.05, 3.63) is 40.9 Å². The first-order valence-electron chi connectivity index (χ1n) is 5.84. The van der Waals surface area contributed by atoms with E-state index in [2.05, 4.69) is 25.7 Å². The van der Waals surface area contributed by atoms with Gasteiger partial charge in [-0.25, -0.2) is 0 Å². The van der Waals surface area contributed by atoms with Gasteiger partial charge in [-0.3, -0.25) is 0 Å². The number of hydrogen-bond acceptors (Lipinski definition) is 2. The molecule has 17 heavy (non-hydrogen) atoms. The number of nitrogens with one attached hydrogen (secondary N) is 1. The van der Waals surface area contributed by atoms with E-state index < -0.39 is 0 Å². The molecule has 1 aromatic carbocycles. The molecule has 0 radical (unpaired) electrons. The fourth-order valence-corrected chi connectivity index (χ4v) is 1.60. The Balaban J connectivity index is 2.72. The van der Waals surface area contributed by atoms with Crippen LogP contribution in [0.3, 0.4) is 0 Å². The molecule has 0 heterocycles. The van der Waals surface area contributed by atoms with E-state index in [-0.39, 0.29) is 6.04 Å². The highest BCUT2D eigenvalue weighted by molar-refractivity contribution is 6.32. The zero-order valence-electron chi connectivity index (χ0n) is 10.7. The summed E-state index contributed by atoms with van der Waals surface area (Å²) in [5.41, 5.74) is 2.22. The van der Waals surface area contributed by atoms with Gasteiger partial charge in [0.05, 0.1) is 5.02 Å². The lowest BCUT2D eigenvalue weighted by molar-refractivity contribution is 0.349. The molecular weight excluding hydrogens is 234 g/mol. The summed E-state index contributed by atoms with van der Waals surface area (Å²) in [7, 11) is 1.92. The summed E-state index contributed by atoms with van der Waals surface area (Å²) in [5, 5.41) is 3.82. The van der Waals surface area contributed by atoms with Gasteiger partial charge in [-0.2, -0.15) is 0 Å². The first kappa shape index (κ1) is 14.1. The topological polar surface area (TPSA) is 21.3 Å². The van der Waals surface area contributed by atoms with E-state index in [9.17, 15) is 0 Å². The van der Waals surface area contributed by atoms with E-state index in [0.29, 0.717) is 17.4 Å². The van der Waals surface area contributed by atoms with Crippen molar-refractivity contribution in [3.63, 3.8) is 0 Å². The lowest BCUT2D eigenvalue weighted by Crippen LogP contribution is -2.12. The fraction of sp³-hybridized carbons (Fsp3) is 0.429. The maximum Gasteiger partial charge on any atom is 0.138 e. The molecule has 0 bridgehead atoms.